The maximum Gasteiger partial charge on any atom is 0.245 e. The summed E-state index contributed by atoms with van der Waals surface area (Å²) in [6.45, 7) is 0.918. The number of rotatable bonds is 8. The summed E-state index contributed by atoms with van der Waals surface area (Å²) < 4.78 is 28.6. The summed E-state index contributed by atoms with van der Waals surface area (Å²) in [5, 5.41) is 4.40. The summed E-state index contributed by atoms with van der Waals surface area (Å²) in [5.74, 6) is -0.0824. The van der Waals surface area contributed by atoms with Crippen molar-refractivity contribution < 1.29 is 18.0 Å². The number of benzene rings is 2. The first-order valence-corrected chi connectivity index (χ1v) is 12.6. The number of amides is 2. The monoisotopic (exact) mass is 458 g/mol. The van der Waals surface area contributed by atoms with E-state index in [2.05, 4.69) is 10.0 Å². The van der Waals surface area contributed by atoms with E-state index < -0.39 is 16.1 Å². The van der Waals surface area contributed by atoms with Gasteiger partial charge in [0.05, 0.1) is 4.90 Å². The lowest BCUT2D eigenvalue weighted by Crippen LogP contribution is -2.61. The highest BCUT2D eigenvalue weighted by molar-refractivity contribution is 7.89. The van der Waals surface area contributed by atoms with Gasteiger partial charge in [-0.2, -0.15) is 0 Å². The second-order valence-corrected chi connectivity index (χ2v) is 10.4. The number of unbranched alkanes of at least 4 members (excludes halogenated alkanes) is 1. The maximum absolute atomic E-state index is 13.0. The molecule has 2 aromatic rings. The molecule has 2 fully saturated rings. The van der Waals surface area contributed by atoms with E-state index in [0.717, 1.165) is 23.9 Å². The molecule has 2 N–H and O–H groups in total. The Morgan fingerprint density at radius 3 is 2.62 bits per heavy atom. The second-order valence-electron chi connectivity index (χ2n) is 8.67. The Morgan fingerprint density at radius 2 is 1.84 bits per heavy atom. The first-order valence-electron chi connectivity index (χ1n) is 11.1. The molecule has 0 bridgehead atoms. The van der Waals surface area contributed by atoms with Gasteiger partial charge < -0.3 is 15.1 Å². The van der Waals surface area contributed by atoms with Crippen LogP contribution in [-0.4, -0.2) is 64.4 Å². The minimum absolute atomic E-state index is 0.0138. The van der Waals surface area contributed by atoms with Crippen molar-refractivity contribution in [1.29, 1.82) is 0 Å². The van der Waals surface area contributed by atoms with Crippen molar-refractivity contribution in [2.75, 3.05) is 32.1 Å². The van der Waals surface area contributed by atoms with E-state index >= 15 is 0 Å². The highest BCUT2D eigenvalue weighted by Crippen LogP contribution is 2.30. The van der Waals surface area contributed by atoms with E-state index in [9.17, 15) is 18.0 Å². The molecular formula is C23H30N4O4S. The third-order valence-electron chi connectivity index (χ3n) is 6.30. The fraction of sp³-hybridized carbons (Fsp3) is 0.478. The predicted octanol–water partition coefficient (Wildman–Crippen LogP) is 1.84. The van der Waals surface area contributed by atoms with Crippen molar-refractivity contribution in [3.63, 3.8) is 0 Å². The van der Waals surface area contributed by atoms with Gasteiger partial charge in [-0.3, -0.25) is 9.59 Å². The van der Waals surface area contributed by atoms with Gasteiger partial charge in [-0.15, -0.1) is 0 Å². The number of sulfonamides is 1. The summed E-state index contributed by atoms with van der Waals surface area (Å²) in [6.07, 6.45) is 3.32. The molecule has 2 aliphatic rings. The maximum atomic E-state index is 13.0. The summed E-state index contributed by atoms with van der Waals surface area (Å²) in [5.41, 5.74) is 0.957. The number of anilines is 1. The predicted molar refractivity (Wildman–Crippen MR) is 124 cm³/mol. The smallest absolute Gasteiger partial charge is 0.245 e. The minimum Gasteiger partial charge on any atom is -0.377 e. The van der Waals surface area contributed by atoms with Crippen LogP contribution in [0.3, 0.4) is 0 Å². The van der Waals surface area contributed by atoms with Gasteiger partial charge in [-0.05, 0) is 44.2 Å². The largest absolute Gasteiger partial charge is 0.377 e. The van der Waals surface area contributed by atoms with E-state index in [1.165, 1.54) is 0 Å². The average Bonchev–Trinajstić information content (AvgIpc) is 3.26. The standard InChI is InChI=1S/C23H30N4O4S/c1-26(2)19-11-5-9-17-16(19)8-6-13-21(17)32(30,31)24-14-4-3-10-18-23(29)27-15-7-12-20(27)22(28)25-18/h5-6,8-9,11,13,18,20,24H,3-4,7,10,12,14-15H2,1-2H3,(H,25,28)/t18-,20-/m0/s1. The lowest BCUT2D eigenvalue weighted by atomic mass is 10.0. The van der Waals surface area contributed by atoms with Crippen LogP contribution in [0.15, 0.2) is 41.3 Å². The van der Waals surface area contributed by atoms with E-state index in [0.29, 0.717) is 31.2 Å². The number of nitrogens with one attached hydrogen (secondary N) is 2. The first kappa shape index (κ1) is 22.5. The lowest BCUT2D eigenvalue weighted by molar-refractivity contribution is -0.147. The molecule has 9 heteroatoms. The normalized spacial score (nSPS) is 21.0. The zero-order valence-corrected chi connectivity index (χ0v) is 19.3. The fourth-order valence-electron chi connectivity index (χ4n) is 4.68. The van der Waals surface area contributed by atoms with Crippen LogP contribution in [-0.2, 0) is 19.6 Å². The first-order chi connectivity index (χ1) is 15.3. The molecule has 2 aromatic carbocycles. The van der Waals surface area contributed by atoms with E-state index in [1.54, 1.807) is 17.0 Å². The Balaban J connectivity index is 1.35. The van der Waals surface area contributed by atoms with E-state index in [-0.39, 0.29) is 29.3 Å². The zero-order valence-electron chi connectivity index (χ0n) is 18.5. The molecule has 0 saturated carbocycles. The van der Waals surface area contributed by atoms with E-state index in [4.69, 9.17) is 0 Å². The highest BCUT2D eigenvalue weighted by Gasteiger charge is 2.42. The molecule has 32 heavy (non-hydrogen) atoms. The highest BCUT2D eigenvalue weighted by atomic mass is 32.2. The van der Waals surface area contributed by atoms with Gasteiger partial charge in [-0.25, -0.2) is 13.1 Å². The molecular weight excluding hydrogens is 428 g/mol. The molecule has 0 aromatic heterocycles. The van der Waals surface area contributed by atoms with Crippen molar-refractivity contribution in [1.82, 2.24) is 14.9 Å². The van der Waals surface area contributed by atoms with Crippen molar-refractivity contribution in [2.45, 2.75) is 49.1 Å². The third-order valence-corrected chi connectivity index (χ3v) is 7.81. The summed E-state index contributed by atoms with van der Waals surface area (Å²) >= 11 is 0. The Kier molecular flexibility index (Phi) is 6.39. The van der Waals surface area contributed by atoms with Crippen LogP contribution in [0.1, 0.15) is 32.1 Å². The number of nitrogens with zero attached hydrogens (tertiary/aromatic N) is 2. The Morgan fingerprint density at radius 1 is 1.09 bits per heavy atom. The molecule has 172 valence electrons. The summed E-state index contributed by atoms with van der Waals surface area (Å²) in [7, 11) is 0.177. The SMILES string of the molecule is CN(C)c1cccc2c(S(=O)(=O)NCCCC[C@@H]3NC(=O)[C@@H]4CCCN4C3=O)cccc12. The molecule has 2 heterocycles. The van der Waals surface area contributed by atoms with Gasteiger partial charge in [0.25, 0.3) is 0 Å². The molecule has 0 spiro atoms. The van der Waals surface area contributed by atoms with Crippen molar-refractivity contribution in [3.8, 4) is 0 Å². The molecule has 2 amide bonds. The third kappa shape index (κ3) is 4.31. The van der Waals surface area contributed by atoms with Gasteiger partial charge in [-0.1, -0.05) is 24.3 Å². The molecule has 2 atom stereocenters. The fourth-order valence-corrected chi connectivity index (χ4v) is 5.97. The molecule has 0 radical (unpaired) electrons. The molecule has 8 nitrogen and oxygen atoms in total. The molecule has 0 aliphatic carbocycles. The number of hydrogen-bond donors (Lipinski definition) is 2. The molecule has 2 aliphatic heterocycles. The van der Waals surface area contributed by atoms with Gasteiger partial charge in [0.2, 0.25) is 21.8 Å². The molecule has 0 unspecified atom stereocenters. The van der Waals surface area contributed by atoms with Crippen LogP contribution >= 0.6 is 0 Å². The number of carbonyl (C=O) groups is 2. The zero-order chi connectivity index (χ0) is 22.9. The number of piperazine rings is 1. The quantitative estimate of drug-likeness (QED) is 0.588. The number of fused-ring (bicyclic) bond motifs is 2. The van der Waals surface area contributed by atoms with E-state index in [1.807, 2.05) is 43.3 Å². The van der Waals surface area contributed by atoms with Crippen LogP contribution < -0.4 is 14.9 Å². The number of hydrogen-bond acceptors (Lipinski definition) is 5. The van der Waals surface area contributed by atoms with Crippen molar-refractivity contribution in [3.05, 3.63) is 36.4 Å². The second kappa shape index (κ2) is 9.07. The Bertz CT molecular complexity index is 1130. The summed E-state index contributed by atoms with van der Waals surface area (Å²) in [6, 6.07) is 10.1. The molecule has 4 rings (SSSR count). The molecule has 2 saturated heterocycles. The van der Waals surface area contributed by atoms with Gasteiger partial charge in [0.15, 0.2) is 0 Å². The Labute approximate surface area is 189 Å². The Hall–Kier alpha value is -2.65. The van der Waals surface area contributed by atoms with Crippen molar-refractivity contribution >= 4 is 38.3 Å². The van der Waals surface area contributed by atoms with Crippen molar-refractivity contribution in [2.24, 2.45) is 0 Å². The van der Waals surface area contributed by atoms with Gasteiger partial charge >= 0.3 is 0 Å². The van der Waals surface area contributed by atoms with Crippen LogP contribution in [0.5, 0.6) is 0 Å². The van der Waals surface area contributed by atoms with Crippen LogP contribution in [0.2, 0.25) is 0 Å². The van der Waals surface area contributed by atoms with Gasteiger partial charge in [0.1, 0.15) is 12.1 Å². The lowest BCUT2D eigenvalue weighted by Gasteiger charge is -2.34. The van der Waals surface area contributed by atoms with Crippen LogP contribution in [0, 0.1) is 0 Å². The topological polar surface area (TPSA) is 98.8 Å². The van der Waals surface area contributed by atoms with Crippen LogP contribution in [0.25, 0.3) is 10.8 Å². The summed E-state index contributed by atoms with van der Waals surface area (Å²) in [4.78, 5) is 28.6. The average molecular weight is 459 g/mol. The van der Waals surface area contributed by atoms with Gasteiger partial charge in [0, 0.05) is 43.6 Å². The minimum atomic E-state index is -3.68. The number of carbonyl (C=O) groups excluding carboxylic acids is 2. The van der Waals surface area contributed by atoms with Crippen LogP contribution in [0.4, 0.5) is 5.69 Å².